The average molecular weight is 623 g/mol. The van der Waals surface area contributed by atoms with Crippen LogP contribution in [0.15, 0.2) is 101 Å². The molecule has 0 heterocycles. The van der Waals surface area contributed by atoms with Gasteiger partial charge in [-0.3, -0.25) is 13.9 Å². The summed E-state index contributed by atoms with van der Waals surface area (Å²) in [5.41, 5.74) is 5.09. The first-order valence-corrected chi connectivity index (χ1v) is 14.8. The van der Waals surface area contributed by atoms with Gasteiger partial charge in [0.1, 0.15) is 18.1 Å². The molecule has 12 heteroatoms. The molecule has 0 aliphatic heterocycles. The first-order valence-electron chi connectivity index (χ1n) is 13.0. The van der Waals surface area contributed by atoms with E-state index in [9.17, 15) is 22.4 Å². The van der Waals surface area contributed by atoms with Gasteiger partial charge in [-0.05, 0) is 97.8 Å². The number of nitrogens with zero attached hydrogens (tertiary/aromatic N) is 2. The molecular formula is C31H28ClFN4O5S. The zero-order chi connectivity index (χ0) is 31.0. The molecule has 0 fully saturated rings. The van der Waals surface area contributed by atoms with Gasteiger partial charge in [-0.25, -0.2) is 18.2 Å². The van der Waals surface area contributed by atoms with Gasteiger partial charge in [0, 0.05) is 10.7 Å². The van der Waals surface area contributed by atoms with Crippen molar-refractivity contribution in [1.82, 2.24) is 5.43 Å². The van der Waals surface area contributed by atoms with Crippen molar-refractivity contribution < 1.29 is 27.1 Å². The van der Waals surface area contributed by atoms with Gasteiger partial charge in [0.2, 0.25) is 0 Å². The van der Waals surface area contributed by atoms with Gasteiger partial charge in [-0.1, -0.05) is 35.4 Å². The lowest BCUT2D eigenvalue weighted by Gasteiger charge is -2.25. The van der Waals surface area contributed by atoms with E-state index < -0.39 is 34.2 Å². The van der Waals surface area contributed by atoms with Gasteiger partial charge in [0.25, 0.3) is 21.8 Å². The number of anilines is 2. The Morgan fingerprint density at radius 1 is 0.930 bits per heavy atom. The minimum atomic E-state index is -4.11. The molecule has 0 radical (unpaired) electrons. The second kappa shape index (κ2) is 14.0. The summed E-state index contributed by atoms with van der Waals surface area (Å²) < 4.78 is 46.6. The summed E-state index contributed by atoms with van der Waals surface area (Å²) in [6, 6.07) is 23.1. The summed E-state index contributed by atoms with van der Waals surface area (Å²) >= 11 is 6.26. The molecule has 43 heavy (non-hydrogen) atoms. The number of carbonyl (C=O) groups excluding carboxylic acids is 2. The molecule has 0 unspecified atom stereocenters. The highest BCUT2D eigenvalue weighted by Gasteiger charge is 2.28. The van der Waals surface area contributed by atoms with E-state index in [1.807, 2.05) is 6.92 Å². The van der Waals surface area contributed by atoms with Crippen LogP contribution in [0, 0.1) is 19.7 Å². The normalized spacial score (nSPS) is 11.3. The van der Waals surface area contributed by atoms with Crippen LogP contribution < -0.4 is 19.8 Å². The number of hydrogen-bond donors (Lipinski definition) is 2. The third-order valence-electron chi connectivity index (χ3n) is 6.18. The molecule has 0 saturated heterocycles. The zero-order valence-corrected chi connectivity index (χ0v) is 24.8. The van der Waals surface area contributed by atoms with Crippen LogP contribution in [0.4, 0.5) is 15.8 Å². The maximum absolute atomic E-state index is 13.6. The molecule has 0 bridgehead atoms. The van der Waals surface area contributed by atoms with Crippen LogP contribution in [0.2, 0.25) is 5.02 Å². The molecule has 2 N–H and O–H groups in total. The highest BCUT2D eigenvalue weighted by Crippen LogP contribution is 2.31. The van der Waals surface area contributed by atoms with Crippen LogP contribution in [0.25, 0.3) is 0 Å². The maximum atomic E-state index is 13.6. The van der Waals surface area contributed by atoms with Crippen molar-refractivity contribution in [3.63, 3.8) is 0 Å². The summed E-state index contributed by atoms with van der Waals surface area (Å²) in [6.07, 6.45) is 1.38. The van der Waals surface area contributed by atoms with Crippen LogP contribution in [0.5, 0.6) is 5.75 Å². The van der Waals surface area contributed by atoms with E-state index in [2.05, 4.69) is 15.8 Å². The van der Waals surface area contributed by atoms with E-state index in [0.717, 1.165) is 9.87 Å². The van der Waals surface area contributed by atoms with E-state index in [4.69, 9.17) is 16.3 Å². The van der Waals surface area contributed by atoms with Crippen molar-refractivity contribution in [2.24, 2.45) is 5.10 Å². The lowest BCUT2D eigenvalue weighted by Crippen LogP contribution is -2.40. The van der Waals surface area contributed by atoms with Crippen LogP contribution in [0.3, 0.4) is 0 Å². The van der Waals surface area contributed by atoms with Gasteiger partial charge < -0.3 is 10.1 Å². The summed E-state index contributed by atoms with van der Waals surface area (Å²) in [5, 5.41) is 6.91. The van der Waals surface area contributed by atoms with E-state index in [1.165, 1.54) is 42.6 Å². The number of ether oxygens (including phenoxy) is 1. The Morgan fingerprint density at radius 2 is 1.60 bits per heavy atom. The lowest BCUT2D eigenvalue weighted by molar-refractivity contribution is -0.119. The predicted octanol–water partition coefficient (Wildman–Crippen LogP) is 5.46. The number of halogens is 2. The SMILES string of the molecule is Cc1ccc(S(=O)(=O)N(CC(=O)N/N=C\c2ccc(OCC(=O)Nc3ccc(F)cc3)cc2)c2cccc(Cl)c2C)cc1. The highest BCUT2D eigenvalue weighted by atomic mass is 35.5. The van der Waals surface area contributed by atoms with Crippen molar-refractivity contribution in [1.29, 1.82) is 0 Å². The molecule has 222 valence electrons. The van der Waals surface area contributed by atoms with Gasteiger partial charge in [-0.2, -0.15) is 5.10 Å². The molecule has 2 amide bonds. The Bertz CT molecular complexity index is 1730. The quantitative estimate of drug-likeness (QED) is 0.170. The Kier molecular flexibility index (Phi) is 10.1. The van der Waals surface area contributed by atoms with Crippen LogP contribution >= 0.6 is 11.6 Å². The number of nitrogens with one attached hydrogen (secondary N) is 2. The van der Waals surface area contributed by atoms with Crippen molar-refractivity contribution in [3.8, 4) is 5.75 Å². The molecule has 9 nitrogen and oxygen atoms in total. The minimum absolute atomic E-state index is 0.0315. The number of benzene rings is 4. The molecular weight excluding hydrogens is 595 g/mol. The van der Waals surface area contributed by atoms with Crippen LogP contribution in [-0.4, -0.2) is 39.6 Å². The number of carbonyl (C=O) groups is 2. The van der Waals surface area contributed by atoms with Gasteiger partial charge in [0.05, 0.1) is 16.8 Å². The fourth-order valence-corrected chi connectivity index (χ4v) is 5.53. The molecule has 0 saturated carbocycles. The number of sulfonamides is 1. The predicted molar refractivity (Wildman–Crippen MR) is 165 cm³/mol. The second-order valence-corrected chi connectivity index (χ2v) is 11.7. The minimum Gasteiger partial charge on any atom is -0.484 e. The highest BCUT2D eigenvalue weighted by molar-refractivity contribution is 7.92. The summed E-state index contributed by atoms with van der Waals surface area (Å²) in [4.78, 5) is 24.9. The van der Waals surface area contributed by atoms with E-state index in [1.54, 1.807) is 61.5 Å². The van der Waals surface area contributed by atoms with Crippen molar-refractivity contribution in [3.05, 3.63) is 119 Å². The van der Waals surface area contributed by atoms with E-state index >= 15 is 0 Å². The fourth-order valence-electron chi connectivity index (χ4n) is 3.88. The number of rotatable bonds is 11. The lowest BCUT2D eigenvalue weighted by atomic mass is 10.2. The zero-order valence-electron chi connectivity index (χ0n) is 23.3. The molecule has 0 aliphatic carbocycles. The largest absolute Gasteiger partial charge is 0.484 e. The topological polar surface area (TPSA) is 117 Å². The summed E-state index contributed by atoms with van der Waals surface area (Å²) in [6.45, 7) is 2.73. The number of hydrazone groups is 1. The third-order valence-corrected chi connectivity index (χ3v) is 8.37. The molecule has 4 aromatic carbocycles. The van der Waals surface area contributed by atoms with Gasteiger partial charge in [0.15, 0.2) is 6.61 Å². The average Bonchev–Trinajstić information content (AvgIpc) is 2.98. The summed E-state index contributed by atoms with van der Waals surface area (Å²) in [7, 11) is -4.11. The Hall–Kier alpha value is -4.74. The molecule has 0 atom stereocenters. The second-order valence-electron chi connectivity index (χ2n) is 9.41. The van der Waals surface area contributed by atoms with Gasteiger partial charge >= 0.3 is 0 Å². The van der Waals surface area contributed by atoms with Crippen molar-refractivity contribution >= 4 is 51.0 Å². The molecule has 0 spiro atoms. The van der Waals surface area contributed by atoms with Crippen LogP contribution in [-0.2, 0) is 19.6 Å². The fraction of sp³-hybridized carbons (Fsp3) is 0.129. The van der Waals surface area contributed by atoms with E-state index in [-0.39, 0.29) is 17.2 Å². The van der Waals surface area contributed by atoms with Gasteiger partial charge in [-0.15, -0.1) is 0 Å². The molecule has 0 aliphatic rings. The monoisotopic (exact) mass is 622 g/mol. The Morgan fingerprint density at radius 3 is 2.28 bits per heavy atom. The number of hydrogen-bond acceptors (Lipinski definition) is 6. The standard InChI is InChI=1S/C31H28ClFN4O5S/c1-21-6-16-27(17-7-21)43(40,41)37(29-5-3-4-28(32)22(29)2)19-30(38)36-34-18-23-8-14-26(15-9-23)42-20-31(39)35-25-12-10-24(33)11-13-25/h3-18H,19-20H2,1-2H3,(H,35,39)(H,36,38)/b34-18-. The Labute approximate surface area is 254 Å². The van der Waals surface area contributed by atoms with E-state index in [0.29, 0.717) is 27.6 Å². The van der Waals surface area contributed by atoms with Crippen molar-refractivity contribution in [2.45, 2.75) is 18.7 Å². The van der Waals surface area contributed by atoms with Crippen molar-refractivity contribution in [2.75, 3.05) is 22.8 Å². The molecule has 4 rings (SSSR count). The van der Waals surface area contributed by atoms with Crippen LogP contribution in [0.1, 0.15) is 16.7 Å². The smallest absolute Gasteiger partial charge is 0.264 e. The number of aryl methyl sites for hydroxylation is 1. The third kappa shape index (κ3) is 8.40. The summed E-state index contributed by atoms with van der Waals surface area (Å²) in [5.74, 6) is -1.06. The number of amides is 2. The molecule has 0 aromatic heterocycles. The first-order chi connectivity index (χ1) is 20.5. The first kappa shape index (κ1) is 31.2. The Balaban J connectivity index is 1.37. The molecule has 4 aromatic rings. The maximum Gasteiger partial charge on any atom is 0.264 e.